The van der Waals surface area contributed by atoms with E-state index in [1.54, 1.807) is 28.5 Å². The molecule has 0 saturated carbocycles. The number of sulfonamides is 1. The maximum Gasteiger partial charge on any atom is 0.263 e. The minimum Gasteiger partial charge on any atom is -0.311 e. The van der Waals surface area contributed by atoms with Crippen LogP contribution in [0, 0.1) is 5.82 Å². The van der Waals surface area contributed by atoms with Crippen LogP contribution in [0.2, 0.25) is 0 Å². The van der Waals surface area contributed by atoms with Gasteiger partial charge in [0.1, 0.15) is 5.82 Å². The quantitative estimate of drug-likeness (QED) is 0.528. The molecular formula is C21H27FN4O3S2. The van der Waals surface area contributed by atoms with Crippen molar-refractivity contribution in [2.75, 3.05) is 22.7 Å². The lowest BCUT2D eigenvalue weighted by Gasteiger charge is -2.18. The van der Waals surface area contributed by atoms with E-state index in [2.05, 4.69) is 15.0 Å². The van der Waals surface area contributed by atoms with Crippen LogP contribution in [0.5, 0.6) is 0 Å². The fourth-order valence-corrected chi connectivity index (χ4v) is 5.25. The number of nitrogens with zero attached hydrogens (tertiary/aromatic N) is 2. The normalized spacial score (nSPS) is 16.6. The summed E-state index contributed by atoms with van der Waals surface area (Å²) < 4.78 is 40.6. The van der Waals surface area contributed by atoms with Gasteiger partial charge in [-0.3, -0.25) is 9.52 Å². The van der Waals surface area contributed by atoms with E-state index in [9.17, 15) is 17.6 Å². The Hall–Kier alpha value is -2.82. The standard InChI is InChI=1S/C21H21FN4O3S2.3H2/c22-16-3-1-2-15(14-16)8-10-23-19-9-12-26(20(19)27)17-4-6-18(7-5-17)31(28,29)25-21-24-11-13-30-21;;;/h1-7,11,13-14,19,23H,8-10,12H2,(H,24,25);3*1H/t19-;;;/m0.../s1. The summed E-state index contributed by atoms with van der Waals surface area (Å²) >= 11 is 1.19. The van der Waals surface area contributed by atoms with Gasteiger partial charge in [-0.05, 0) is 61.3 Å². The van der Waals surface area contributed by atoms with Crippen LogP contribution in [0.1, 0.15) is 16.3 Å². The SMILES string of the molecule is O=C1[C@@H](NCCc2cccc(F)c2)CCN1c1ccc(S(=O)(=O)Nc2nccs2)cc1.[HH].[HH].[HH]. The highest BCUT2D eigenvalue weighted by atomic mass is 32.2. The zero-order chi connectivity index (χ0) is 21.8. The molecule has 0 spiro atoms. The zero-order valence-electron chi connectivity index (χ0n) is 16.5. The Balaban J connectivity index is 0.00000193. The first-order valence-corrected chi connectivity index (χ1v) is 12.1. The Morgan fingerprint density at radius 3 is 2.74 bits per heavy atom. The topological polar surface area (TPSA) is 91.4 Å². The predicted molar refractivity (Wildman–Crippen MR) is 125 cm³/mol. The molecule has 10 heteroatoms. The second-order valence-corrected chi connectivity index (χ2v) is 9.68. The molecule has 2 N–H and O–H groups in total. The first-order chi connectivity index (χ1) is 14.9. The van der Waals surface area contributed by atoms with Gasteiger partial charge in [-0.15, -0.1) is 11.3 Å². The van der Waals surface area contributed by atoms with Gasteiger partial charge in [0.05, 0.1) is 10.9 Å². The third-order valence-electron chi connectivity index (χ3n) is 5.01. The van der Waals surface area contributed by atoms with Crippen molar-refractivity contribution in [1.29, 1.82) is 0 Å². The molecular weight excluding hydrogens is 439 g/mol. The predicted octanol–water partition coefficient (Wildman–Crippen LogP) is 3.76. The number of thiazole rings is 1. The molecule has 1 atom stereocenters. The average molecular weight is 467 g/mol. The number of carbonyl (C=O) groups is 1. The zero-order valence-corrected chi connectivity index (χ0v) is 18.1. The van der Waals surface area contributed by atoms with E-state index >= 15 is 0 Å². The Labute approximate surface area is 188 Å². The number of hydrogen-bond donors (Lipinski definition) is 2. The van der Waals surface area contributed by atoms with Gasteiger partial charge >= 0.3 is 0 Å². The Kier molecular flexibility index (Phi) is 6.30. The minimum atomic E-state index is -3.73. The summed E-state index contributed by atoms with van der Waals surface area (Å²) in [4.78, 5) is 18.4. The number of halogens is 1. The molecule has 1 aliphatic heterocycles. The van der Waals surface area contributed by atoms with Gasteiger partial charge in [-0.2, -0.15) is 0 Å². The van der Waals surface area contributed by atoms with E-state index in [0.29, 0.717) is 36.8 Å². The molecule has 0 bridgehead atoms. The molecule has 1 amide bonds. The van der Waals surface area contributed by atoms with E-state index in [4.69, 9.17) is 0 Å². The maximum absolute atomic E-state index is 13.3. The number of rotatable bonds is 8. The number of amides is 1. The molecule has 7 nitrogen and oxygen atoms in total. The lowest BCUT2D eigenvalue weighted by Crippen LogP contribution is -2.39. The highest BCUT2D eigenvalue weighted by Gasteiger charge is 2.32. The van der Waals surface area contributed by atoms with Crippen LogP contribution < -0.4 is 14.9 Å². The van der Waals surface area contributed by atoms with Crippen LogP contribution in [-0.4, -0.2) is 38.4 Å². The number of anilines is 2. The van der Waals surface area contributed by atoms with Crippen LogP contribution in [0.15, 0.2) is 65.0 Å². The van der Waals surface area contributed by atoms with Crippen molar-refractivity contribution >= 4 is 38.1 Å². The molecule has 2 aromatic carbocycles. The fraction of sp³-hybridized carbons (Fsp3) is 0.238. The van der Waals surface area contributed by atoms with E-state index in [0.717, 1.165) is 5.56 Å². The van der Waals surface area contributed by atoms with Gasteiger partial charge in [0.25, 0.3) is 10.0 Å². The lowest BCUT2D eigenvalue weighted by molar-refractivity contribution is -0.118. The fourth-order valence-electron chi connectivity index (χ4n) is 3.46. The molecule has 3 aromatic rings. The first-order valence-electron chi connectivity index (χ1n) is 9.74. The monoisotopic (exact) mass is 466 g/mol. The molecule has 0 radical (unpaired) electrons. The first kappa shape index (κ1) is 21.4. The summed E-state index contributed by atoms with van der Waals surface area (Å²) in [5.74, 6) is -0.330. The average Bonchev–Trinajstić information content (AvgIpc) is 3.38. The summed E-state index contributed by atoms with van der Waals surface area (Å²) in [7, 11) is -3.73. The second-order valence-electron chi connectivity index (χ2n) is 7.10. The summed E-state index contributed by atoms with van der Waals surface area (Å²) in [6, 6.07) is 12.3. The highest BCUT2D eigenvalue weighted by Crippen LogP contribution is 2.25. The number of benzene rings is 2. The van der Waals surface area contributed by atoms with Crippen LogP contribution in [-0.2, 0) is 21.2 Å². The number of carbonyl (C=O) groups excluding carboxylic acids is 1. The molecule has 1 aromatic heterocycles. The van der Waals surface area contributed by atoms with Crippen molar-refractivity contribution in [1.82, 2.24) is 10.3 Å². The second kappa shape index (κ2) is 9.13. The Morgan fingerprint density at radius 1 is 1.23 bits per heavy atom. The van der Waals surface area contributed by atoms with E-state index < -0.39 is 10.0 Å². The van der Waals surface area contributed by atoms with Gasteiger partial charge in [0.2, 0.25) is 5.91 Å². The lowest BCUT2D eigenvalue weighted by atomic mass is 10.1. The van der Waals surface area contributed by atoms with Crippen LogP contribution >= 0.6 is 11.3 Å². The van der Waals surface area contributed by atoms with Crippen molar-refractivity contribution in [2.24, 2.45) is 0 Å². The van der Waals surface area contributed by atoms with Gasteiger partial charge in [-0.1, -0.05) is 12.1 Å². The molecule has 31 heavy (non-hydrogen) atoms. The van der Waals surface area contributed by atoms with Crippen molar-refractivity contribution in [2.45, 2.75) is 23.8 Å². The summed E-state index contributed by atoms with van der Waals surface area (Å²) in [6.07, 6.45) is 2.79. The maximum atomic E-state index is 13.3. The summed E-state index contributed by atoms with van der Waals surface area (Å²) in [5.41, 5.74) is 1.52. The van der Waals surface area contributed by atoms with Crippen molar-refractivity contribution in [3.8, 4) is 0 Å². The molecule has 0 aliphatic carbocycles. The largest absolute Gasteiger partial charge is 0.311 e. The third kappa shape index (κ3) is 5.09. The molecule has 1 aliphatic rings. The van der Waals surface area contributed by atoms with E-state index in [1.807, 2.05) is 6.07 Å². The van der Waals surface area contributed by atoms with Gasteiger partial charge in [0.15, 0.2) is 5.13 Å². The van der Waals surface area contributed by atoms with Gasteiger partial charge < -0.3 is 10.2 Å². The number of aromatic nitrogens is 1. The molecule has 168 valence electrons. The van der Waals surface area contributed by atoms with Crippen LogP contribution in [0.4, 0.5) is 15.2 Å². The smallest absolute Gasteiger partial charge is 0.263 e. The van der Waals surface area contributed by atoms with Crippen molar-refractivity contribution in [3.05, 3.63) is 71.5 Å². The Morgan fingerprint density at radius 2 is 2.03 bits per heavy atom. The third-order valence-corrected chi connectivity index (χ3v) is 7.18. The van der Waals surface area contributed by atoms with Crippen LogP contribution in [0.3, 0.4) is 0 Å². The van der Waals surface area contributed by atoms with Crippen molar-refractivity contribution < 1.29 is 21.9 Å². The number of nitrogens with one attached hydrogen (secondary N) is 2. The molecule has 0 unspecified atom stereocenters. The molecule has 2 heterocycles. The Bertz CT molecular complexity index is 1170. The van der Waals surface area contributed by atoms with Crippen LogP contribution in [0.25, 0.3) is 0 Å². The number of hydrogen-bond acceptors (Lipinski definition) is 6. The van der Waals surface area contributed by atoms with Gasteiger partial charge in [0, 0.05) is 28.1 Å². The summed E-state index contributed by atoms with van der Waals surface area (Å²) in [6.45, 7) is 1.10. The molecule has 4 rings (SSSR count). The van der Waals surface area contributed by atoms with E-state index in [-0.39, 0.29) is 26.9 Å². The van der Waals surface area contributed by atoms with Gasteiger partial charge in [-0.25, -0.2) is 17.8 Å². The van der Waals surface area contributed by atoms with Crippen molar-refractivity contribution in [3.63, 3.8) is 0 Å². The highest BCUT2D eigenvalue weighted by molar-refractivity contribution is 7.93. The van der Waals surface area contributed by atoms with E-state index in [1.165, 1.54) is 41.8 Å². The molecule has 1 fully saturated rings. The minimum absolute atomic E-state index is 0. The summed E-state index contributed by atoms with van der Waals surface area (Å²) in [5, 5.41) is 5.21. The molecule has 1 saturated heterocycles.